The molecule has 0 amide bonds. The molecule has 2 aromatic carbocycles. The van der Waals surface area contributed by atoms with E-state index in [2.05, 4.69) is 59.5 Å². The molecule has 112 valence electrons. The third-order valence-electron chi connectivity index (χ3n) is 3.62. The Bertz CT molecular complexity index is 596. The van der Waals surface area contributed by atoms with Crippen LogP contribution in [0.15, 0.2) is 46.9 Å². The first kappa shape index (κ1) is 16.0. The number of methoxy groups -OCH3 is 1. The molecular weight excluding hydrogens is 328 g/mol. The van der Waals surface area contributed by atoms with Crippen LogP contribution in [0.25, 0.3) is 0 Å². The van der Waals surface area contributed by atoms with Crippen LogP contribution in [-0.2, 0) is 0 Å². The average molecular weight is 349 g/mol. The number of nitrogens with two attached hydrogens (primary N) is 1. The number of benzene rings is 2. The van der Waals surface area contributed by atoms with Crippen LogP contribution in [0.2, 0.25) is 0 Å². The highest BCUT2D eigenvalue weighted by Gasteiger charge is 2.16. The summed E-state index contributed by atoms with van der Waals surface area (Å²) in [7, 11) is 1.66. The lowest BCUT2D eigenvalue weighted by atomic mass is 9.95. The Morgan fingerprint density at radius 1 is 1.05 bits per heavy atom. The van der Waals surface area contributed by atoms with Crippen LogP contribution < -0.4 is 16.0 Å². The standard InChI is InChI=1S/C17H21BrN2O/c1-11(2)12-4-6-13(7-5-12)17(20-19)15-10-14(21-3)8-9-16(15)18/h4-11,17,20H,19H2,1-3H3. The van der Waals surface area contributed by atoms with Crippen molar-refractivity contribution >= 4 is 15.9 Å². The maximum Gasteiger partial charge on any atom is 0.119 e. The second kappa shape index (κ2) is 7.07. The van der Waals surface area contributed by atoms with Crippen LogP contribution in [0.4, 0.5) is 0 Å². The summed E-state index contributed by atoms with van der Waals surface area (Å²) >= 11 is 3.58. The topological polar surface area (TPSA) is 47.3 Å². The molecule has 0 radical (unpaired) electrons. The first-order valence-corrected chi connectivity index (χ1v) is 7.75. The monoisotopic (exact) mass is 348 g/mol. The van der Waals surface area contributed by atoms with Gasteiger partial charge in [0.2, 0.25) is 0 Å². The van der Waals surface area contributed by atoms with Gasteiger partial charge in [0.15, 0.2) is 0 Å². The summed E-state index contributed by atoms with van der Waals surface area (Å²) in [4.78, 5) is 0. The molecular formula is C17H21BrN2O. The summed E-state index contributed by atoms with van der Waals surface area (Å²) in [5.41, 5.74) is 6.38. The van der Waals surface area contributed by atoms with E-state index in [1.165, 1.54) is 5.56 Å². The van der Waals surface area contributed by atoms with E-state index in [0.717, 1.165) is 21.3 Å². The zero-order valence-electron chi connectivity index (χ0n) is 12.6. The second-order valence-electron chi connectivity index (χ2n) is 5.31. The van der Waals surface area contributed by atoms with E-state index in [-0.39, 0.29) is 6.04 Å². The number of halogens is 1. The molecule has 0 heterocycles. The van der Waals surface area contributed by atoms with Gasteiger partial charge in [0.1, 0.15) is 5.75 Å². The van der Waals surface area contributed by atoms with Crippen molar-refractivity contribution in [2.24, 2.45) is 5.84 Å². The quantitative estimate of drug-likeness (QED) is 0.630. The second-order valence-corrected chi connectivity index (χ2v) is 6.16. The Kier molecular flexibility index (Phi) is 5.39. The number of hydrogen-bond donors (Lipinski definition) is 2. The number of hydrogen-bond acceptors (Lipinski definition) is 3. The number of nitrogens with one attached hydrogen (secondary N) is 1. The third-order valence-corrected chi connectivity index (χ3v) is 4.34. The minimum Gasteiger partial charge on any atom is -0.497 e. The van der Waals surface area contributed by atoms with Crippen molar-refractivity contribution in [1.82, 2.24) is 5.43 Å². The molecule has 0 aliphatic rings. The Morgan fingerprint density at radius 2 is 1.67 bits per heavy atom. The van der Waals surface area contributed by atoms with Gasteiger partial charge < -0.3 is 4.74 Å². The Hall–Kier alpha value is -1.36. The van der Waals surface area contributed by atoms with Gasteiger partial charge in [0.25, 0.3) is 0 Å². The van der Waals surface area contributed by atoms with Crippen LogP contribution >= 0.6 is 15.9 Å². The molecule has 0 spiro atoms. The minimum absolute atomic E-state index is 0.0873. The normalized spacial score (nSPS) is 12.5. The molecule has 0 fully saturated rings. The SMILES string of the molecule is COc1ccc(Br)c(C(NN)c2ccc(C(C)C)cc2)c1. The van der Waals surface area contributed by atoms with E-state index in [0.29, 0.717) is 5.92 Å². The van der Waals surface area contributed by atoms with Crippen LogP contribution in [0.1, 0.15) is 42.5 Å². The maximum absolute atomic E-state index is 5.78. The van der Waals surface area contributed by atoms with E-state index in [1.54, 1.807) is 7.11 Å². The summed E-state index contributed by atoms with van der Waals surface area (Å²) < 4.78 is 6.30. The van der Waals surface area contributed by atoms with Crippen molar-refractivity contribution in [1.29, 1.82) is 0 Å². The predicted octanol–water partition coefficient (Wildman–Crippen LogP) is 4.13. The van der Waals surface area contributed by atoms with Crippen LogP contribution in [-0.4, -0.2) is 7.11 Å². The fourth-order valence-electron chi connectivity index (χ4n) is 2.31. The molecule has 21 heavy (non-hydrogen) atoms. The maximum atomic E-state index is 5.78. The summed E-state index contributed by atoms with van der Waals surface area (Å²) in [5, 5.41) is 0. The van der Waals surface area contributed by atoms with Crippen molar-refractivity contribution in [3.63, 3.8) is 0 Å². The molecule has 0 aliphatic heterocycles. The highest BCUT2D eigenvalue weighted by molar-refractivity contribution is 9.10. The van der Waals surface area contributed by atoms with E-state index < -0.39 is 0 Å². The fraction of sp³-hybridized carbons (Fsp3) is 0.294. The molecule has 4 heteroatoms. The summed E-state index contributed by atoms with van der Waals surface area (Å²) in [5.74, 6) is 7.12. The third kappa shape index (κ3) is 3.64. The number of hydrazine groups is 1. The van der Waals surface area contributed by atoms with Crippen molar-refractivity contribution in [3.8, 4) is 5.75 Å². The van der Waals surface area contributed by atoms with E-state index in [9.17, 15) is 0 Å². The molecule has 1 atom stereocenters. The van der Waals surface area contributed by atoms with E-state index in [4.69, 9.17) is 10.6 Å². The Labute approximate surface area is 134 Å². The van der Waals surface area contributed by atoms with Gasteiger partial charge in [0, 0.05) is 4.47 Å². The fourth-order valence-corrected chi connectivity index (χ4v) is 2.78. The summed E-state index contributed by atoms with van der Waals surface area (Å²) in [6.07, 6.45) is 0. The number of rotatable bonds is 5. The first-order valence-electron chi connectivity index (χ1n) is 6.96. The lowest BCUT2D eigenvalue weighted by Gasteiger charge is -2.20. The molecule has 2 aromatic rings. The largest absolute Gasteiger partial charge is 0.497 e. The van der Waals surface area contributed by atoms with Gasteiger partial charge in [-0.05, 0) is 40.8 Å². The molecule has 2 rings (SSSR count). The molecule has 0 aliphatic carbocycles. The summed E-state index contributed by atoms with van der Waals surface area (Å²) in [6, 6.07) is 14.3. The van der Waals surface area contributed by atoms with Crippen molar-refractivity contribution < 1.29 is 4.74 Å². The van der Waals surface area contributed by atoms with Crippen molar-refractivity contribution in [3.05, 3.63) is 63.6 Å². The molecule has 3 N–H and O–H groups in total. The van der Waals surface area contributed by atoms with Crippen molar-refractivity contribution in [2.75, 3.05) is 7.11 Å². The minimum atomic E-state index is -0.0873. The molecule has 1 unspecified atom stereocenters. The zero-order valence-corrected chi connectivity index (χ0v) is 14.1. The molecule has 0 bridgehead atoms. The van der Waals surface area contributed by atoms with Crippen LogP contribution in [0, 0.1) is 0 Å². The smallest absolute Gasteiger partial charge is 0.119 e. The molecule has 3 nitrogen and oxygen atoms in total. The predicted molar refractivity (Wildman–Crippen MR) is 90.4 cm³/mol. The molecule has 0 saturated heterocycles. The molecule has 0 saturated carbocycles. The van der Waals surface area contributed by atoms with E-state index in [1.807, 2.05) is 18.2 Å². The molecule has 0 aromatic heterocycles. The average Bonchev–Trinajstić information content (AvgIpc) is 2.50. The Balaban J connectivity index is 2.39. The van der Waals surface area contributed by atoms with Crippen LogP contribution in [0.5, 0.6) is 5.75 Å². The highest BCUT2D eigenvalue weighted by atomic mass is 79.9. The van der Waals surface area contributed by atoms with Gasteiger partial charge in [-0.2, -0.15) is 0 Å². The zero-order chi connectivity index (χ0) is 15.4. The van der Waals surface area contributed by atoms with E-state index >= 15 is 0 Å². The first-order chi connectivity index (χ1) is 10.1. The van der Waals surface area contributed by atoms with Crippen LogP contribution in [0.3, 0.4) is 0 Å². The van der Waals surface area contributed by atoms with Gasteiger partial charge in [-0.1, -0.05) is 54.0 Å². The highest BCUT2D eigenvalue weighted by Crippen LogP contribution is 2.31. The lowest BCUT2D eigenvalue weighted by molar-refractivity contribution is 0.413. The van der Waals surface area contributed by atoms with Gasteiger partial charge in [-0.15, -0.1) is 0 Å². The summed E-state index contributed by atoms with van der Waals surface area (Å²) in [6.45, 7) is 4.37. The number of ether oxygens (including phenoxy) is 1. The van der Waals surface area contributed by atoms with Gasteiger partial charge in [-0.25, -0.2) is 5.43 Å². The Morgan fingerprint density at radius 3 is 2.19 bits per heavy atom. The lowest BCUT2D eigenvalue weighted by Crippen LogP contribution is -2.29. The van der Waals surface area contributed by atoms with Crippen molar-refractivity contribution in [2.45, 2.75) is 25.8 Å². The van der Waals surface area contributed by atoms with Gasteiger partial charge in [0.05, 0.1) is 13.2 Å². The van der Waals surface area contributed by atoms with Gasteiger partial charge in [-0.3, -0.25) is 5.84 Å². The van der Waals surface area contributed by atoms with Gasteiger partial charge >= 0.3 is 0 Å².